The maximum absolute atomic E-state index is 12.8. The molecule has 0 aromatic heterocycles. The predicted octanol–water partition coefficient (Wildman–Crippen LogP) is 18.9. The van der Waals surface area contributed by atoms with Crippen molar-refractivity contribution in [3.63, 3.8) is 0 Å². The van der Waals surface area contributed by atoms with Gasteiger partial charge in [-0.05, 0) is 77.0 Å². The minimum Gasteiger partial charge on any atom is -0.462 e. The molecule has 0 saturated carbocycles. The smallest absolute Gasteiger partial charge is 0.306 e. The summed E-state index contributed by atoms with van der Waals surface area (Å²) in [6, 6.07) is 0. The number of unbranched alkanes of at least 4 members (excludes halogenated alkanes) is 35. The van der Waals surface area contributed by atoms with Crippen LogP contribution < -0.4 is 0 Å². The van der Waals surface area contributed by atoms with Crippen molar-refractivity contribution < 1.29 is 28.6 Å². The van der Waals surface area contributed by atoms with Crippen molar-refractivity contribution in [2.75, 3.05) is 13.2 Å². The molecule has 0 N–H and O–H groups in total. The summed E-state index contributed by atoms with van der Waals surface area (Å²) in [4.78, 5) is 38.1. The van der Waals surface area contributed by atoms with E-state index in [9.17, 15) is 14.4 Å². The molecule has 1 unspecified atom stereocenters. The largest absolute Gasteiger partial charge is 0.462 e. The van der Waals surface area contributed by atoms with Gasteiger partial charge in [-0.3, -0.25) is 14.4 Å². The van der Waals surface area contributed by atoms with Crippen LogP contribution in [0.25, 0.3) is 0 Å². The number of carbonyl (C=O) groups excluding carboxylic acids is 3. The van der Waals surface area contributed by atoms with Crippen LogP contribution in [0.1, 0.15) is 303 Å². The van der Waals surface area contributed by atoms with Crippen molar-refractivity contribution in [2.45, 2.75) is 309 Å². The highest BCUT2D eigenvalue weighted by Crippen LogP contribution is 2.16. The average molecular weight is 914 g/mol. The Kier molecular flexibility index (Phi) is 52.3. The number of rotatable bonds is 52. The molecule has 0 aromatic carbocycles. The summed E-state index contributed by atoms with van der Waals surface area (Å²) < 4.78 is 16.9. The van der Waals surface area contributed by atoms with E-state index < -0.39 is 6.10 Å². The van der Waals surface area contributed by atoms with Crippen LogP contribution in [0.3, 0.4) is 0 Å². The van der Waals surface area contributed by atoms with Gasteiger partial charge < -0.3 is 14.2 Å². The Hall–Kier alpha value is -2.37. The van der Waals surface area contributed by atoms with Crippen LogP contribution in [0.15, 0.2) is 36.5 Å². The molecule has 0 rings (SSSR count). The Morgan fingerprint density at radius 2 is 0.554 bits per heavy atom. The lowest BCUT2D eigenvalue weighted by Crippen LogP contribution is -2.30. The predicted molar refractivity (Wildman–Crippen MR) is 279 cm³/mol. The fraction of sp³-hybridized carbons (Fsp3) is 0.847. The molecule has 0 aliphatic carbocycles. The molecular weight excluding hydrogens is 805 g/mol. The number of ether oxygens (including phenoxy) is 3. The molecule has 0 bridgehead atoms. The Balaban J connectivity index is 4.37. The summed E-state index contributed by atoms with van der Waals surface area (Å²) in [6.45, 7) is 6.63. The highest BCUT2D eigenvalue weighted by Gasteiger charge is 2.19. The Morgan fingerprint density at radius 1 is 0.308 bits per heavy atom. The second kappa shape index (κ2) is 54.2. The minimum atomic E-state index is -0.780. The van der Waals surface area contributed by atoms with Crippen LogP contribution in [0.4, 0.5) is 0 Å². The van der Waals surface area contributed by atoms with Crippen LogP contribution in [0.2, 0.25) is 0 Å². The zero-order chi connectivity index (χ0) is 47.2. The number of esters is 3. The molecule has 0 saturated heterocycles. The first kappa shape index (κ1) is 62.6. The van der Waals surface area contributed by atoms with Crippen molar-refractivity contribution in [2.24, 2.45) is 0 Å². The molecule has 0 heterocycles. The van der Waals surface area contributed by atoms with Gasteiger partial charge in [0.25, 0.3) is 0 Å². The molecule has 0 radical (unpaired) electrons. The van der Waals surface area contributed by atoms with Crippen LogP contribution in [-0.2, 0) is 28.6 Å². The number of hydrogen-bond donors (Lipinski definition) is 0. The number of carbonyl (C=O) groups is 3. The molecule has 0 spiro atoms. The zero-order valence-corrected chi connectivity index (χ0v) is 43.5. The third-order valence-electron chi connectivity index (χ3n) is 12.6. The van der Waals surface area contributed by atoms with Gasteiger partial charge in [-0.1, -0.05) is 243 Å². The van der Waals surface area contributed by atoms with Crippen molar-refractivity contribution in [3.05, 3.63) is 36.5 Å². The zero-order valence-electron chi connectivity index (χ0n) is 43.5. The molecule has 6 heteroatoms. The van der Waals surface area contributed by atoms with Gasteiger partial charge in [0, 0.05) is 19.3 Å². The second-order valence-electron chi connectivity index (χ2n) is 19.2. The topological polar surface area (TPSA) is 78.9 Å². The van der Waals surface area contributed by atoms with Crippen molar-refractivity contribution in [1.82, 2.24) is 0 Å². The molecule has 0 fully saturated rings. The quantitative estimate of drug-likeness (QED) is 0.0262. The molecule has 0 amide bonds. The van der Waals surface area contributed by atoms with E-state index in [1.54, 1.807) is 0 Å². The van der Waals surface area contributed by atoms with Crippen molar-refractivity contribution in [1.29, 1.82) is 0 Å². The van der Waals surface area contributed by atoms with E-state index in [1.807, 2.05) is 0 Å². The van der Waals surface area contributed by atoms with E-state index >= 15 is 0 Å². The van der Waals surface area contributed by atoms with Gasteiger partial charge in [0.05, 0.1) is 0 Å². The fourth-order valence-corrected chi connectivity index (χ4v) is 8.29. The van der Waals surface area contributed by atoms with Crippen LogP contribution >= 0.6 is 0 Å². The van der Waals surface area contributed by atoms with Gasteiger partial charge in [-0.25, -0.2) is 0 Å². The van der Waals surface area contributed by atoms with Crippen molar-refractivity contribution in [3.8, 4) is 0 Å². The summed E-state index contributed by atoms with van der Waals surface area (Å²) in [6.07, 6.45) is 64.1. The second-order valence-corrected chi connectivity index (χ2v) is 19.2. The molecule has 65 heavy (non-hydrogen) atoms. The monoisotopic (exact) mass is 913 g/mol. The summed E-state index contributed by atoms with van der Waals surface area (Å²) in [7, 11) is 0. The van der Waals surface area contributed by atoms with Gasteiger partial charge in [0.15, 0.2) is 6.10 Å². The standard InChI is InChI=1S/C59H108O6/c1-4-7-10-13-16-19-22-25-28-30-32-34-37-40-43-46-49-52-58(61)64-55-56(54-63-57(60)51-48-45-42-39-36-33-27-24-21-18-15-12-9-6-3)65-59(62)53-50-47-44-41-38-35-31-29-26-23-20-17-14-11-8-5-2/h20,23-24,27,29,31,56H,4-19,21-22,25-26,28,30,32-55H2,1-3H3/b23-20-,27-24-,31-29-. The molecular formula is C59H108O6. The normalized spacial score (nSPS) is 12.2. The maximum atomic E-state index is 12.8. The van der Waals surface area contributed by atoms with Crippen LogP contribution in [0.5, 0.6) is 0 Å². The summed E-state index contributed by atoms with van der Waals surface area (Å²) in [5.74, 6) is -0.884. The molecule has 1 atom stereocenters. The number of allylic oxidation sites excluding steroid dienone is 6. The molecule has 6 nitrogen and oxygen atoms in total. The van der Waals surface area contributed by atoms with Gasteiger partial charge in [-0.2, -0.15) is 0 Å². The van der Waals surface area contributed by atoms with E-state index in [1.165, 1.54) is 173 Å². The average Bonchev–Trinajstić information content (AvgIpc) is 3.30. The van der Waals surface area contributed by atoms with E-state index in [0.717, 1.165) is 89.9 Å². The van der Waals surface area contributed by atoms with E-state index in [-0.39, 0.29) is 31.1 Å². The summed E-state index contributed by atoms with van der Waals surface area (Å²) in [5, 5.41) is 0. The van der Waals surface area contributed by atoms with E-state index in [0.29, 0.717) is 19.3 Å². The third-order valence-corrected chi connectivity index (χ3v) is 12.6. The summed E-state index contributed by atoms with van der Waals surface area (Å²) in [5.41, 5.74) is 0. The first-order valence-electron chi connectivity index (χ1n) is 28.5. The first-order valence-corrected chi connectivity index (χ1v) is 28.5. The third kappa shape index (κ3) is 52.5. The Labute approximate surface area is 404 Å². The van der Waals surface area contributed by atoms with Crippen LogP contribution in [-0.4, -0.2) is 37.2 Å². The van der Waals surface area contributed by atoms with Gasteiger partial charge in [0.1, 0.15) is 13.2 Å². The van der Waals surface area contributed by atoms with Crippen molar-refractivity contribution >= 4 is 17.9 Å². The minimum absolute atomic E-state index is 0.0770. The summed E-state index contributed by atoms with van der Waals surface area (Å²) >= 11 is 0. The van der Waals surface area contributed by atoms with Crippen LogP contribution in [0, 0.1) is 0 Å². The highest BCUT2D eigenvalue weighted by molar-refractivity contribution is 5.71. The van der Waals surface area contributed by atoms with Gasteiger partial charge in [0.2, 0.25) is 0 Å². The lowest BCUT2D eigenvalue weighted by Gasteiger charge is -2.18. The molecule has 0 aromatic rings. The van der Waals surface area contributed by atoms with E-state index in [4.69, 9.17) is 14.2 Å². The number of hydrogen-bond acceptors (Lipinski definition) is 6. The highest BCUT2D eigenvalue weighted by atomic mass is 16.6. The lowest BCUT2D eigenvalue weighted by atomic mass is 10.0. The molecule has 0 aliphatic heterocycles. The van der Waals surface area contributed by atoms with Gasteiger partial charge in [-0.15, -0.1) is 0 Å². The van der Waals surface area contributed by atoms with Gasteiger partial charge >= 0.3 is 17.9 Å². The maximum Gasteiger partial charge on any atom is 0.306 e. The first-order chi connectivity index (χ1) is 32.0. The Bertz CT molecular complexity index is 1090. The SMILES string of the molecule is CCCCCC/C=C\C/C=C\CCCCCCCC(=O)OC(COC(=O)CCCCCCC/C=C\CCCCCCC)COC(=O)CCCCCCCCCCCCCCCCCCC. The molecule has 0 aliphatic rings. The van der Waals surface area contributed by atoms with E-state index in [2.05, 4.69) is 57.2 Å². The Morgan fingerprint density at radius 3 is 0.877 bits per heavy atom. The lowest BCUT2D eigenvalue weighted by molar-refractivity contribution is -0.167. The fourth-order valence-electron chi connectivity index (χ4n) is 8.29. The molecule has 380 valence electrons.